The lowest BCUT2D eigenvalue weighted by Crippen LogP contribution is -2.16. The first-order valence-corrected chi connectivity index (χ1v) is 4.29. The Labute approximate surface area is 65.3 Å². The zero-order valence-electron chi connectivity index (χ0n) is 5.71. The minimum atomic E-state index is 0.262. The predicted octanol–water partition coefficient (Wildman–Crippen LogP) is 0.726. The quantitative estimate of drug-likeness (QED) is 0.445. The van der Waals surface area contributed by atoms with Gasteiger partial charge in [0, 0.05) is 5.75 Å². The molecule has 1 aliphatic heterocycles. The third kappa shape index (κ3) is 2.61. The molecule has 0 N–H and O–H groups in total. The van der Waals surface area contributed by atoms with Crippen molar-refractivity contribution in [2.45, 2.75) is 6.10 Å². The number of hydrogen-bond acceptors (Lipinski definition) is 3. The largest absolute Gasteiger partial charge is 0.366 e. The molecule has 56 valence electrons. The van der Waals surface area contributed by atoms with E-state index in [9.17, 15) is 0 Å². The maximum atomic E-state index is 5.27. The van der Waals surface area contributed by atoms with Gasteiger partial charge in [-0.1, -0.05) is 5.92 Å². The molecule has 0 saturated carbocycles. The smallest absolute Gasteiger partial charge is 0.107 e. The van der Waals surface area contributed by atoms with E-state index in [0.717, 1.165) is 11.7 Å². The average molecular weight is 158 g/mol. The summed E-state index contributed by atoms with van der Waals surface area (Å²) in [6.45, 7) is 1.03. The van der Waals surface area contributed by atoms with Crippen molar-refractivity contribution in [3.05, 3.63) is 0 Å². The van der Waals surface area contributed by atoms with Crippen LogP contribution in [0.2, 0.25) is 0 Å². The number of thioether (sulfide) groups is 1. The van der Waals surface area contributed by atoms with Crippen LogP contribution in [0, 0.1) is 12.3 Å². The minimum absolute atomic E-state index is 0.262. The summed E-state index contributed by atoms with van der Waals surface area (Å²) in [5.74, 6) is 4.24. The molecule has 10 heavy (non-hydrogen) atoms. The maximum Gasteiger partial charge on any atom is 0.107 e. The molecule has 0 radical (unpaired) electrons. The lowest BCUT2D eigenvalue weighted by atomic mass is 10.4. The average Bonchev–Trinajstić information content (AvgIpc) is 2.41. The molecule has 0 bridgehead atoms. The Morgan fingerprint density at radius 1 is 1.80 bits per heavy atom. The van der Waals surface area contributed by atoms with Crippen molar-refractivity contribution in [3.8, 4) is 12.3 Å². The second-order valence-corrected chi connectivity index (χ2v) is 2.97. The minimum Gasteiger partial charge on any atom is -0.366 e. The fourth-order valence-electron chi connectivity index (χ4n) is 0.718. The van der Waals surface area contributed by atoms with Gasteiger partial charge in [-0.2, -0.15) is 0 Å². The Morgan fingerprint density at radius 3 is 3.30 bits per heavy atom. The Bertz CT molecular complexity index is 124. The summed E-state index contributed by atoms with van der Waals surface area (Å²) < 4.78 is 10.4. The lowest BCUT2D eigenvalue weighted by Gasteiger charge is -2.05. The highest BCUT2D eigenvalue weighted by atomic mass is 32.2. The van der Waals surface area contributed by atoms with Gasteiger partial charge in [0.1, 0.15) is 6.61 Å². The molecule has 1 rings (SSSR count). The third-order valence-corrected chi connectivity index (χ3v) is 2.09. The van der Waals surface area contributed by atoms with Gasteiger partial charge in [0.25, 0.3) is 0 Å². The summed E-state index contributed by atoms with van der Waals surface area (Å²) in [7, 11) is 0. The standard InChI is InChI=1S/C7H10O2S/c1-2-3-8-4-7-5-10-6-9-7/h1,7H,3-6H2. The van der Waals surface area contributed by atoms with E-state index >= 15 is 0 Å². The van der Waals surface area contributed by atoms with Gasteiger partial charge in [0.05, 0.1) is 18.6 Å². The predicted molar refractivity (Wildman–Crippen MR) is 41.9 cm³/mol. The van der Waals surface area contributed by atoms with E-state index in [2.05, 4.69) is 5.92 Å². The van der Waals surface area contributed by atoms with Crippen LogP contribution in [0.3, 0.4) is 0 Å². The van der Waals surface area contributed by atoms with Gasteiger partial charge in [0.15, 0.2) is 0 Å². The van der Waals surface area contributed by atoms with Crippen LogP contribution in [0.4, 0.5) is 0 Å². The highest BCUT2D eigenvalue weighted by molar-refractivity contribution is 7.99. The first-order valence-electron chi connectivity index (χ1n) is 3.14. The summed E-state index contributed by atoms with van der Waals surface area (Å²) in [5.41, 5.74) is 0. The Morgan fingerprint density at radius 2 is 2.70 bits per heavy atom. The number of hydrogen-bond donors (Lipinski definition) is 0. The van der Waals surface area contributed by atoms with Crippen LogP contribution in [0.25, 0.3) is 0 Å². The molecule has 1 aliphatic rings. The molecule has 0 aliphatic carbocycles. The Kier molecular flexibility index (Phi) is 3.66. The summed E-state index contributed by atoms with van der Waals surface area (Å²) in [6, 6.07) is 0. The molecule has 0 amide bonds. The molecule has 0 spiro atoms. The molecule has 0 aromatic heterocycles. The summed E-state index contributed by atoms with van der Waals surface area (Å²) in [4.78, 5) is 0. The first kappa shape index (κ1) is 7.93. The SMILES string of the molecule is C#CCOCC1CSCO1. The van der Waals surface area contributed by atoms with Gasteiger partial charge in [-0.15, -0.1) is 18.2 Å². The van der Waals surface area contributed by atoms with Crippen LogP contribution in [-0.2, 0) is 9.47 Å². The first-order chi connectivity index (χ1) is 4.93. The van der Waals surface area contributed by atoms with E-state index in [1.165, 1.54) is 0 Å². The van der Waals surface area contributed by atoms with Crippen LogP contribution < -0.4 is 0 Å². The van der Waals surface area contributed by atoms with E-state index in [1.54, 1.807) is 11.8 Å². The highest BCUT2D eigenvalue weighted by Crippen LogP contribution is 2.15. The van der Waals surface area contributed by atoms with E-state index in [-0.39, 0.29) is 6.10 Å². The summed E-state index contributed by atoms with van der Waals surface area (Å²) >= 11 is 1.79. The van der Waals surface area contributed by atoms with E-state index in [4.69, 9.17) is 15.9 Å². The molecular formula is C7H10O2S. The van der Waals surface area contributed by atoms with Crippen LogP contribution in [-0.4, -0.2) is 31.0 Å². The van der Waals surface area contributed by atoms with Crippen molar-refractivity contribution in [3.63, 3.8) is 0 Å². The number of rotatable bonds is 3. The van der Waals surface area contributed by atoms with Crippen molar-refractivity contribution < 1.29 is 9.47 Å². The molecule has 1 unspecified atom stereocenters. The molecule has 1 saturated heterocycles. The Hall–Kier alpha value is -0.170. The van der Waals surface area contributed by atoms with Gasteiger partial charge in [-0.25, -0.2) is 0 Å². The number of ether oxygens (including phenoxy) is 2. The van der Waals surface area contributed by atoms with Crippen molar-refractivity contribution >= 4 is 11.8 Å². The van der Waals surface area contributed by atoms with Crippen molar-refractivity contribution in [2.75, 3.05) is 24.9 Å². The fraction of sp³-hybridized carbons (Fsp3) is 0.714. The summed E-state index contributed by atoms with van der Waals surface area (Å²) in [6.07, 6.45) is 5.25. The molecule has 1 atom stereocenters. The van der Waals surface area contributed by atoms with Crippen molar-refractivity contribution in [2.24, 2.45) is 0 Å². The van der Waals surface area contributed by atoms with Crippen LogP contribution >= 0.6 is 11.8 Å². The molecule has 3 heteroatoms. The van der Waals surface area contributed by atoms with Crippen LogP contribution in [0.5, 0.6) is 0 Å². The monoisotopic (exact) mass is 158 g/mol. The van der Waals surface area contributed by atoms with Crippen LogP contribution in [0.15, 0.2) is 0 Å². The van der Waals surface area contributed by atoms with Gasteiger partial charge < -0.3 is 9.47 Å². The van der Waals surface area contributed by atoms with Gasteiger partial charge in [-0.3, -0.25) is 0 Å². The van der Waals surface area contributed by atoms with Gasteiger partial charge >= 0.3 is 0 Å². The third-order valence-electron chi connectivity index (χ3n) is 1.18. The second kappa shape index (κ2) is 4.62. The summed E-state index contributed by atoms with van der Waals surface area (Å²) in [5, 5.41) is 0. The van der Waals surface area contributed by atoms with Crippen molar-refractivity contribution in [1.29, 1.82) is 0 Å². The van der Waals surface area contributed by atoms with Gasteiger partial charge in [-0.05, 0) is 0 Å². The fourth-order valence-corrected chi connectivity index (χ4v) is 1.56. The number of terminal acetylenes is 1. The molecule has 0 aromatic rings. The van der Waals surface area contributed by atoms with Crippen LogP contribution in [0.1, 0.15) is 0 Å². The Balaban J connectivity index is 1.97. The molecule has 0 aromatic carbocycles. The van der Waals surface area contributed by atoms with Crippen molar-refractivity contribution in [1.82, 2.24) is 0 Å². The second-order valence-electron chi connectivity index (χ2n) is 2.00. The topological polar surface area (TPSA) is 18.5 Å². The lowest BCUT2D eigenvalue weighted by molar-refractivity contribution is 0.0351. The van der Waals surface area contributed by atoms with E-state index < -0.39 is 0 Å². The van der Waals surface area contributed by atoms with Gasteiger partial charge in [0.2, 0.25) is 0 Å². The van der Waals surface area contributed by atoms with E-state index in [0.29, 0.717) is 13.2 Å². The van der Waals surface area contributed by atoms with E-state index in [1.807, 2.05) is 0 Å². The molecule has 2 nitrogen and oxygen atoms in total. The molecular weight excluding hydrogens is 148 g/mol. The molecule has 1 heterocycles. The normalized spacial score (nSPS) is 24.5. The highest BCUT2D eigenvalue weighted by Gasteiger charge is 2.15. The molecule has 1 fully saturated rings. The zero-order chi connectivity index (χ0) is 7.23. The maximum absolute atomic E-state index is 5.27. The zero-order valence-corrected chi connectivity index (χ0v) is 6.52.